The van der Waals surface area contributed by atoms with Crippen LogP contribution in [0.2, 0.25) is 0 Å². The van der Waals surface area contributed by atoms with Gasteiger partial charge < -0.3 is 20.7 Å². The van der Waals surface area contributed by atoms with Crippen LogP contribution >= 0.6 is 0 Å². The lowest BCUT2D eigenvalue weighted by atomic mass is 9.89. The molecule has 0 aliphatic heterocycles. The molecule has 0 aromatic heterocycles. The van der Waals surface area contributed by atoms with E-state index in [1.54, 1.807) is 6.07 Å². The molecule has 0 saturated carbocycles. The lowest BCUT2D eigenvalue weighted by Crippen LogP contribution is -2.43. The van der Waals surface area contributed by atoms with Crippen molar-refractivity contribution in [2.24, 2.45) is 11.7 Å². The number of aryl methyl sites for hydroxylation is 1. The first-order chi connectivity index (χ1) is 11.9. The molecule has 25 heavy (non-hydrogen) atoms. The number of hydrogen-bond donors (Lipinski definition) is 3. The number of rotatable bonds is 13. The van der Waals surface area contributed by atoms with E-state index in [1.165, 1.54) is 12.8 Å². The van der Waals surface area contributed by atoms with Gasteiger partial charge in [0, 0.05) is 5.54 Å². The largest absolute Gasteiger partial charge is 0.504 e. The fourth-order valence-corrected chi connectivity index (χ4v) is 3.03. The van der Waals surface area contributed by atoms with E-state index in [-0.39, 0.29) is 12.4 Å². The van der Waals surface area contributed by atoms with Crippen molar-refractivity contribution in [3.8, 4) is 11.5 Å². The molecule has 1 aromatic carbocycles. The number of unbranched alkanes of at least 4 members (excludes halogenated alkanes) is 2. The molecule has 1 unspecified atom stereocenters. The van der Waals surface area contributed by atoms with Gasteiger partial charge >= 0.3 is 0 Å². The summed E-state index contributed by atoms with van der Waals surface area (Å²) >= 11 is 0. The first-order valence-corrected chi connectivity index (χ1v) is 9.74. The van der Waals surface area contributed by atoms with E-state index in [9.17, 15) is 10.2 Å². The minimum absolute atomic E-state index is 0.00910. The third-order valence-electron chi connectivity index (χ3n) is 4.68. The average molecular weight is 352 g/mol. The Labute approximate surface area is 153 Å². The first kappa shape index (κ1) is 21.8. The fourth-order valence-electron chi connectivity index (χ4n) is 3.03. The molecular formula is C21H37NO3. The Hall–Kier alpha value is -1.26. The third kappa shape index (κ3) is 8.59. The first-order valence-electron chi connectivity index (χ1n) is 9.74. The maximum Gasteiger partial charge on any atom is 0.160 e. The van der Waals surface area contributed by atoms with Crippen molar-refractivity contribution in [2.75, 3.05) is 13.2 Å². The zero-order valence-electron chi connectivity index (χ0n) is 16.3. The number of aromatic hydroxyl groups is 1. The van der Waals surface area contributed by atoms with Crippen molar-refractivity contribution in [2.45, 2.75) is 77.7 Å². The molecule has 144 valence electrons. The second-order valence-corrected chi connectivity index (χ2v) is 7.66. The number of aliphatic hydroxyl groups is 1. The summed E-state index contributed by atoms with van der Waals surface area (Å²) in [5.41, 5.74) is 6.69. The summed E-state index contributed by atoms with van der Waals surface area (Å²) in [5.74, 6) is 1.48. The van der Waals surface area contributed by atoms with Crippen LogP contribution in [0.4, 0.5) is 0 Å². The molecule has 4 heteroatoms. The van der Waals surface area contributed by atoms with Crippen LogP contribution in [0.3, 0.4) is 0 Å². The van der Waals surface area contributed by atoms with Gasteiger partial charge in [-0.05, 0) is 49.3 Å². The minimum atomic E-state index is -0.532. The summed E-state index contributed by atoms with van der Waals surface area (Å²) < 4.78 is 5.69. The van der Waals surface area contributed by atoms with E-state index >= 15 is 0 Å². The van der Waals surface area contributed by atoms with Crippen LogP contribution in [-0.4, -0.2) is 29.0 Å². The standard InChI is InChI=1S/C21H37NO3/c1-4-12-21(22,16-23)13-11-18-9-10-20(19(24)15-18)25-14-7-5-6-8-17(2)3/h9-10,15,17,23-24H,4-8,11-14,16,22H2,1-3H3. The quantitative estimate of drug-likeness (QED) is 0.460. The number of phenols is 1. The monoisotopic (exact) mass is 351 g/mol. The van der Waals surface area contributed by atoms with Crippen molar-refractivity contribution in [1.82, 2.24) is 0 Å². The summed E-state index contributed by atoms with van der Waals surface area (Å²) in [7, 11) is 0. The summed E-state index contributed by atoms with van der Waals surface area (Å²) in [4.78, 5) is 0. The van der Waals surface area contributed by atoms with Crippen LogP contribution in [-0.2, 0) is 6.42 Å². The second kappa shape index (κ2) is 11.4. The van der Waals surface area contributed by atoms with Gasteiger partial charge in [-0.15, -0.1) is 0 Å². The average Bonchev–Trinajstić information content (AvgIpc) is 2.57. The Morgan fingerprint density at radius 2 is 1.92 bits per heavy atom. The predicted octanol–water partition coefficient (Wildman–Crippen LogP) is 4.41. The fraction of sp³-hybridized carbons (Fsp3) is 0.714. The van der Waals surface area contributed by atoms with E-state index < -0.39 is 5.54 Å². The molecule has 0 spiro atoms. The topological polar surface area (TPSA) is 75.7 Å². The number of phenolic OH excluding ortho intramolecular Hbond substituents is 1. The van der Waals surface area contributed by atoms with Crippen LogP contribution in [0.25, 0.3) is 0 Å². The summed E-state index contributed by atoms with van der Waals surface area (Å²) in [6, 6.07) is 5.55. The number of ether oxygens (including phenoxy) is 1. The maximum absolute atomic E-state index is 10.2. The predicted molar refractivity (Wildman–Crippen MR) is 104 cm³/mol. The summed E-state index contributed by atoms with van der Waals surface area (Å²) in [5, 5.41) is 19.6. The zero-order chi connectivity index (χ0) is 18.7. The van der Waals surface area contributed by atoms with Gasteiger partial charge in [-0.1, -0.05) is 52.5 Å². The summed E-state index contributed by atoms with van der Waals surface area (Å²) in [6.45, 7) is 7.18. The van der Waals surface area contributed by atoms with Crippen LogP contribution in [0.5, 0.6) is 11.5 Å². The molecule has 0 saturated heterocycles. The van der Waals surface area contributed by atoms with Gasteiger partial charge in [-0.25, -0.2) is 0 Å². The SMILES string of the molecule is CCCC(N)(CO)CCc1ccc(OCCCCCC(C)C)c(O)c1. The molecule has 4 nitrogen and oxygen atoms in total. The third-order valence-corrected chi connectivity index (χ3v) is 4.68. The van der Waals surface area contributed by atoms with Gasteiger partial charge in [0.25, 0.3) is 0 Å². The molecule has 0 radical (unpaired) electrons. The summed E-state index contributed by atoms with van der Waals surface area (Å²) in [6.07, 6.45) is 7.85. The Morgan fingerprint density at radius 1 is 1.16 bits per heavy atom. The highest BCUT2D eigenvalue weighted by atomic mass is 16.5. The van der Waals surface area contributed by atoms with Crippen molar-refractivity contribution < 1.29 is 14.9 Å². The molecule has 0 amide bonds. The van der Waals surface area contributed by atoms with E-state index in [2.05, 4.69) is 20.8 Å². The van der Waals surface area contributed by atoms with Crippen LogP contribution in [0, 0.1) is 5.92 Å². The molecule has 1 rings (SSSR count). The molecule has 1 atom stereocenters. The van der Waals surface area contributed by atoms with Gasteiger partial charge in [-0.2, -0.15) is 0 Å². The van der Waals surface area contributed by atoms with Crippen molar-refractivity contribution in [1.29, 1.82) is 0 Å². The number of aliphatic hydroxyl groups excluding tert-OH is 1. The molecule has 0 fully saturated rings. The highest BCUT2D eigenvalue weighted by molar-refractivity contribution is 5.41. The van der Waals surface area contributed by atoms with Gasteiger partial charge in [-0.3, -0.25) is 0 Å². The maximum atomic E-state index is 10.2. The molecular weight excluding hydrogens is 314 g/mol. The normalized spacial score (nSPS) is 13.8. The Balaban J connectivity index is 2.41. The number of hydrogen-bond acceptors (Lipinski definition) is 4. The molecule has 4 N–H and O–H groups in total. The Bertz CT molecular complexity index is 490. The van der Waals surface area contributed by atoms with E-state index in [1.807, 2.05) is 12.1 Å². The van der Waals surface area contributed by atoms with Crippen molar-refractivity contribution in [3.63, 3.8) is 0 Å². The smallest absolute Gasteiger partial charge is 0.160 e. The Morgan fingerprint density at radius 3 is 2.52 bits per heavy atom. The molecule has 0 aliphatic rings. The van der Waals surface area contributed by atoms with Crippen LogP contribution in [0.15, 0.2) is 18.2 Å². The molecule has 0 aliphatic carbocycles. The van der Waals surface area contributed by atoms with Crippen LogP contribution < -0.4 is 10.5 Å². The van der Waals surface area contributed by atoms with Gasteiger partial charge in [0.1, 0.15) is 0 Å². The highest BCUT2D eigenvalue weighted by Gasteiger charge is 2.22. The van der Waals surface area contributed by atoms with Crippen molar-refractivity contribution >= 4 is 0 Å². The van der Waals surface area contributed by atoms with Crippen molar-refractivity contribution in [3.05, 3.63) is 23.8 Å². The van der Waals surface area contributed by atoms with Gasteiger partial charge in [0.2, 0.25) is 0 Å². The van der Waals surface area contributed by atoms with Crippen LogP contribution in [0.1, 0.15) is 71.3 Å². The molecule has 0 bridgehead atoms. The van der Waals surface area contributed by atoms with E-state index in [4.69, 9.17) is 10.5 Å². The number of nitrogens with two attached hydrogens (primary N) is 1. The van der Waals surface area contributed by atoms with Gasteiger partial charge in [0.05, 0.1) is 13.2 Å². The number of benzene rings is 1. The van der Waals surface area contributed by atoms with Gasteiger partial charge in [0.15, 0.2) is 11.5 Å². The Kier molecular flexibility index (Phi) is 9.91. The minimum Gasteiger partial charge on any atom is -0.504 e. The lowest BCUT2D eigenvalue weighted by molar-refractivity contribution is 0.177. The zero-order valence-corrected chi connectivity index (χ0v) is 16.3. The van der Waals surface area contributed by atoms with E-state index in [0.29, 0.717) is 18.8 Å². The van der Waals surface area contributed by atoms with E-state index in [0.717, 1.165) is 43.6 Å². The molecule has 1 aromatic rings. The second-order valence-electron chi connectivity index (χ2n) is 7.66. The lowest BCUT2D eigenvalue weighted by Gasteiger charge is -2.26. The highest BCUT2D eigenvalue weighted by Crippen LogP contribution is 2.28. The molecule has 0 heterocycles.